The van der Waals surface area contributed by atoms with Gasteiger partial charge in [0, 0.05) is 0 Å². The Balaban J connectivity index is 3.05. The molecule has 8 heteroatoms. The molecule has 2 N–H and O–H groups in total. The molecule has 0 aliphatic heterocycles. The van der Waals surface area contributed by atoms with Gasteiger partial charge in [0.1, 0.15) is 6.61 Å². The van der Waals surface area contributed by atoms with Crippen LogP contribution < -0.4 is 10.1 Å². The fraction of sp³-hybridized carbons (Fsp3) is 0.500. The van der Waals surface area contributed by atoms with Crippen molar-refractivity contribution in [1.82, 2.24) is 5.32 Å². The molecule has 20 heavy (non-hydrogen) atoms. The summed E-state index contributed by atoms with van der Waals surface area (Å²) in [5.41, 5.74) is -1.07. The first-order valence-electron chi connectivity index (χ1n) is 5.77. The molecule has 0 aliphatic rings. The molecule has 0 aromatic heterocycles. The van der Waals surface area contributed by atoms with E-state index in [4.69, 9.17) is 5.11 Å². The van der Waals surface area contributed by atoms with Crippen LogP contribution in [0, 0.1) is 29.1 Å². The number of halogens is 5. The Morgan fingerprint density at radius 1 is 1.00 bits per heavy atom. The molecule has 1 rings (SSSR count). The number of benzene rings is 1. The Hall–Kier alpha value is -1.41. The topological polar surface area (TPSA) is 41.5 Å². The predicted molar refractivity (Wildman–Crippen MR) is 60.9 cm³/mol. The number of nitrogens with one attached hydrogen (secondary N) is 1. The first-order valence-corrected chi connectivity index (χ1v) is 5.77. The highest BCUT2D eigenvalue weighted by molar-refractivity contribution is 5.29. The molecule has 0 saturated heterocycles. The average Bonchev–Trinajstić information content (AvgIpc) is 2.43. The second-order valence-electron chi connectivity index (χ2n) is 4.44. The summed E-state index contributed by atoms with van der Waals surface area (Å²) < 4.78 is 70.1. The zero-order valence-corrected chi connectivity index (χ0v) is 10.9. The van der Waals surface area contributed by atoms with Crippen LogP contribution in [0.1, 0.15) is 13.8 Å². The van der Waals surface area contributed by atoms with Crippen LogP contribution in [-0.4, -0.2) is 30.4 Å². The van der Waals surface area contributed by atoms with Crippen LogP contribution in [0.25, 0.3) is 0 Å². The van der Waals surface area contributed by atoms with Crippen LogP contribution in [0.5, 0.6) is 5.75 Å². The molecule has 0 fully saturated rings. The van der Waals surface area contributed by atoms with Crippen LogP contribution in [0.3, 0.4) is 0 Å². The van der Waals surface area contributed by atoms with E-state index in [0.29, 0.717) is 6.54 Å². The molecule has 0 saturated carbocycles. The second kappa shape index (κ2) is 6.36. The summed E-state index contributed by atoms with van der Waals surface area (Å²) in [6, 6.07) is 0. The summed E-state index contributed by atoms with van der Waals surface area (Å²) in [5, 5.41) is 11.9. The van der Waals surface area contributed by atoms with E-state index in [9.17, 15) is 22.0 Å². The number of likely N-dealkylation sites (N-methyl/N-ethyl adjacent to an activating group) is 1. The Bertz CT molecular complexity index is 468. The van der Waals surface area contributed by atoms with Gasteiger partial charge in [-0.25, -0.2) is 13.2 Å². The van der Waals surface area contributed by atoms with E-state index in [-0.39, 0.29) is 0 Å². The van der Waals surface area contributed by atoms with Crippen molar-refractivity contribution in [1.29, 1.82) is 0 Å². The lowest BCUT2D eigenvalue weighted by atomic mass is 10.1. The molecule has 1 atom stereocenters. The maximum atomic E-state index is 13.3. The summed E-state index contributed by atoms with van der Waals surface area (Å²) in [7, 11) is 0. The summed E-state index contributed by atoms with van der Waals surface area (Å²) in [6.45, 7) is 2.68. The van der Waals surface area contributed by atoms with Crippen molar-refractivity contribution in [2.75, 3.05) is 19.8 Å². The monoisotopic (exact) mass is 299 g/mol. The van der Waals surface area contributed by atoms with E-state index >= 15 is 0 Å². The number of ether oxygens (including phenoxy) is 1. The fourth-order valence-electron chi connectivity index (χ4n) is 1.52. The van der Waals surface area contributed by atoms with E-state index in [1.807, 2.05) is 0 Å². The van der Waals surface area contributed by atoms with Crippen molar-refractivity contribution >= 4 is 0 Å². The first-order chi connectivity index (χ1) is 9.27. The summed E-state index contributed by atoms with van der Waals surface area (Å²) in [6.07, 6.45) is 0. The molecule has 0 radical (unpaired) electrons. The van der Waals surface area contributed by atoms with Crippen molar-refractivity contribution in [3.63, 3.8) is 0 Å². The van der Waals surface area contributed by atoms with Crippen molar-refractivity contribution in [3.8, 4) is 5.75 Å². The molecule has 0 spiro atoms. The lowest BCUT2D eigenvalue weighted by Crippen LogP contribution is -2.50. The van der Waals surface area contributed by atoms with Gasteiger partial charge in [0.25, 0.3) is 0 Å². The zero-order chi connectivity index (χ0) is 15.5. The summed E-state index contributed by atoms with van der Waals surface area (Å²) in [4.78, 5) is 0. The van der Waals surface area contributed by atoms with Crippen molar-refractivity contribution in [3.05, 3.63) is 29.1 Å². The zero-order valence-electron chi connectivity index (χ0n) is 10.9. The molecule has 1 aromatic rings. The highest BCUT2D eigenvalue weighted by Gasteiger charge is 2.30. The third-order valence-corrected chi connectivity index (χ3v) is 2.66. The molecular formula is C12H14F5NO2. The van der Waals surface area contributed by atoms with Crippen molar-refractivity contribution in [2.45, 2.75) is 19.4 Å². The van der Waals surface area contributed by atoms with E-state index < -0.39 is 53.6 Å². The van der Waals surface area contributed by atoms with Gasteiger partial charge in [0.05, 0.1) is 12.1 Å². The fourth-order valence-corrected chi connectivity index (χ4v) is 1.52. The van der Waals surface area contributed by atoms with Crippen LogP contribution >= 0.6 is 0 Å². The number of aliphatic hydroxyl groups is 1. The van der Waals surface area contributed by atoms with E-state index in [0.717, 1.165) is 0 Å². The SMILES string of the molecule is CCNC(C)(CO)COc1c(F)c(F)c(F)c(F)c1F. The van der Waals surface area contributed by atoms with Gasteiger partial charge in [-0.2, -0.15) is 8.78 Å². The summed E-state index contributed by atoms with van der Waals surface area (Å²) >= 11 is 0. The first kappa shape index (κ1) is 16.6. The lowest BCUT2D eigenvalue weighted by molar-refractivity contribution is 0.110. The molecular weight excluding hydrogens is 285 g/mol. The smallest absolute Gasteiger partial charge is 0.206 e. The van der Waals surface area contributed by atoms with Gasteiger partial charge < -0.3 is 15.2 Å². The van der Waals surface area contributed by atoms with Gasteiger partial charge in [0.2, 0.25) is 29.1 Å². The molecule has 114 valence electrons. The molecule has 0 bridgehead atoms. The van der Waals surface area contributed by atoms with E-state index in [1.54, 1.807) is 6.92 Å². The average molecular weight is 299 g/mol. The van der Waals surface area contributed by atoms with Gasteiger partial charge in [-0.05, 0) is 13.5 Å². The normalized spacial score (nSPS) is 14.2. The number of rotatable bonds is 6. The largest absolute Gasteiger partial charge is 0.485 e. The molecule has 1 aromatic carbocycles. The van der Waals surface area contributed by atoms with E-state index in [1.165, 1.54) is 6.92 Å². The van der Waals surface area contributed by atoms with Gasteiger partial charge in [-0.15, -0.1) is 0 Å². The minimum atomic E-state index is -2.25. The molecule has 3 nitrogen and oxygen atoms in total. The predicted octanol–water partition coefficient (Wildman–Crippen LogP) is 2.12. The Labute approximate surface area is 112 Å². The molecule has 0 heterocycles. The lowest BCUT2D eigenvalue weighted by Gasteiger charge is -2.28. The van der Waals surface area contributed by atoms with E-state index in [2.05, 4.69) is 10.1 Å². The minimum absolute atomic E-state index is 0.414. The van der Waals surface area contributed by atoms with Gasteiger partial charge >= 0.3 is 0 Å². The summed E-state index contributed by atoms with van der Waals surface area (Å²) in [5.74, 6) is -11.8. The molecule has 0 amide bonds. The number of hydrogen-bond acceptors (Lipinski definition) is 3. The number of hydrogen-bond donors (Lipinski definition) is 2. The van der Waals surface area contributed by atoms with Crippen LogP contribution in [0.2, 0.25) is 0 Å². The quantitative estimate of drug-likeness (QED) is 0.480. The Kier molecular flexibility index (Phi) is 5.29. The number of aliphatic hydroxyl groups excluding tert-OH is 1. The maximum absolute atomic E-state index is 13.3. The molecule has 1 unspecified atom stereocenters. The van der Waals surface area contributed by atoms with Gasteiger partial charge in [-0.3, -0.25) is 0 Å². The minimum Gasteiger partial charge on any atom is -0.485 e. The van der Waals surface area contributed by atoms with Crippen molar-refractivity contribution in [2.24, 2.45) is 0 Å². The highest BCUT2D eigenvalue weighted by atomic mass is 19.2. The van der Waals surface area contributed by atoms with Crippen LogP contribution in [-0.2, 0) is 0 Å². The maximum Gasteiger partial charge on any atom is 0.206 e. The third-order valence-electron chi connectivity index (χ3n) is 2.66. The molecule has 0 aliphatic carbocycles. The highest BCUT2D eigenvalue weighted by Crippen LogP contribution is 2.29. The van der Waals surface area contributed by atoms with Crippen LogP contribution in [0.4, 0.5) is 22.0 Å². The van der Waals surface area contributed by atoms with Crippen molar-refractivity contribution < 1.29 is 31.8 Å². The van der Waals surface area contributed by atoms with Crippen LogP contribution in [0.15, 0.2) is 0 Å². The Morgan fingerprint density at radius 2 is 1.45 bits per heavy atom. The Morgan fingerprint density at radius 3 is 1.85 bits per heavy atom. The third kappa shape index (κ3) is 3.18. The van der Waals surface area contributed by atoms with Gasteiger partial charge in [0.15, 0.2) is 5.75 Å². The standard InChI is InChI=1S/C12H14F5NO2/c1-3-18-12(2,4-19)5-20-11-9(16)7(14)6(13)8(15)10(11)17/h18-19H,3-5H2,1-2H3. The van der Waals surface area contributed by atoms with Gasteiger partial charge in [-0.1, -0.05) is 6.92 Å². The second-order valence-corrected chi connectivity index (χ2v) is 4.44.